The minimum atomic E-state index is -3.78. The molecule has 7 heteroatoms. The Hall–Kier alpha value is -0.990. The molecule has 0 aliphatic heterocycles. The van der Waals surface area contributed by atoms with E-state index in [4.69, 9.17) is 18.4 Å². The van der Waals surface area contributed by atoms with Crippen molar-refractivity contribution in [2.24, 2.45) is 0 Å². The quantitative estimate of drug-likeness (QED) is 0.388. The van der Waals surface area contributed by atoms with E-state index in [-0.39, 0.29) is 18.5 Å². The summed E-state index contributed by atoms with van der Waals surface area (Å²) in [6, 6.07) is 6.37. The van der Waals surface area contributed by atoms with Crippen LogP contribution in [0.5, 0.6) is 0 Å². The molecule has 0 radical (unpaired) electrons. The lowest BCUT2D eigenvalue weighted by Crippen LogP contribution is -2.12. The van der Waals surface area contributed by atoms with Gasteiger partial charge < -0.3 is 14.2 Å². The molecular weight excluding hydrogens is 272 g/mol. The molecule has 0 aromatic heterocycles. The van der Waals surface area contributed by atoms with Gasteiger partial charge in [-0.15, -0.1) is 0 Å². The molecule has 0 saturated carbocycles. The summed E-state index contributed by atoms with van der Waals surface area (Å²) in [6.07, 6.45) is 0. The number of hydrogen-bond acceptors (Lipinski definition) is 6. The van der Waals surface area contributed by atoms with E-state index >= 15 is 0 Å². The van der Waals surface area contributed by atoms with Crippen molar-refractivity contribution in [3.05, 3.63) is 29.8 Å². The van der Waals surface area contributed by atoms with Gasteiger partial charge >= 0.3 is 0 Å². The minimum absolute atomic E-state index is 0.0488. The molecule has 0 heterocycles. The van der Waals surface area contributed by atoms with Crippen LogP contribution < -0.4 is 0 Å². The lowest BCUT2D eigenvalue weighted by Gasteiger charge is -2.07. The molecule has 6 nitrogen and oxygen atoms in total. The highest BCUT2D eigenvalue weighted by Crippen LogP contribution is 2.12. The molecule has 1 aromatic carbocycles. The van der Waals surface area contributed by atoms with Gasteiger partial charge in [-0.3, -0.25) is 0 Å². The summed E-state index contributed by atoms with van der Waals surface area (Å²) in [7, 11) is -2.22. The van der Waals surface area contributed by atoms with Gasteiger partial charge in [0, 0.05) is 7.11 Å². The van der Waals surface area contributed by atoms with E-state index in [2.05, 4.69) is 0 Å². The van der Waals surface area contributed by atoms with Crippen LogP contribution in [0.4, 0.5) is 0 Å². The number of rotatable bonds is 9. The van der Waals surface area contributed by atoms with Crippen molar-refractivity contribution in [2.45, 2.75) is 11.8 Å². The molecule has 0 atom stereocenters. The second-order valence-corrected chi connectivity index (χ2v) is 5.34. The molecule has 0 N–H and O–H groups in total. The number of ether oxygens (including phenoxy) is 3. The van der Waals surface area contributed by atoms with Gasteiger partial charge in [-0.25, -0.2) is 4.18 Å². The van der Waals surface area contributed by atoms with Crippen molar-refractivity contribution in [2.75, 3.05) is 33.9 Å². The Labute approximate surface area is 113 Å². The molecule has 0 unspecified atom stereocenters. The molecule has 1 aromatic rings. The number of methoxy groups -OCH3 is 1. The number of aryl methyl sites for hydroxylation is 1. The molecule has 0 aliphatic rings. The lowest BCUT2D eigenvalue weighted by molar-refractivity contribution is -0.104. The molecule has 0 amide bonds. The van der Waals surface area contributed by atoms with Gasteiger partial charge in [0.2, 0.25) is 0 Å². The second kappa shape index (κ2) is 8.23. The first-order valence-electron chi connectivity index (χ1n) is 5.67. The van der Waals surface area contributed by atoms with Gasteiger partial charge in [0.05, 0.1) is 18.1 Å². The molecule has 0 aliphatic carbocycles. The third-order valence-corrected chi connectivity index (χ3v) is 3.45. The molecular formula is C12H18O6S. The van der Waals surface area contributed by atoms with Crippen LogP contribution in [0.1, 0.15) is 5.56 Å². The standard InChI is InChI=1S/C12H18O6S/c1-11-3-5-12(6-4-11)19(13,14)18-10-17-9-16-8-7-15-2/h3-6H,7-10H2,1-2H3. The average Bonchev–Trinajstić information content (AvgIpc) is 2.38. The van der Waals surface area contributed by atoms with Crippen molar-refractivity contribution >= 4 is 10.1 Å². The lowest BCUT2D eigenvalue weighted by atomic mass is 10.2. The predicted molar refractivity (Wildman–Crippen MR) is 68.1 cm³/mol. The van der Waals surface area contributed by atoms with Crippen molar-refractivity contribution < 1.29 is 26.8 Å². The smallest absolute Gasteiger partial charge is 0.299 e. The maximum absolute atomic E-state index is 11.7. The van der Waals surface area contributed by atoms with E-state index in [1.807, 2.05) is 6.92 Å². The van der Waals surface area contributed by atoms with E-state index < -0.39 is 10.1 Å². The third kappa shape index (κ3) is 6.13. The van der Waals surface area contributed by atoms with Crippen LogP contribution in [0.25, 0.3) is 0 Å². The summed E-state index contributed by atoms with van der Waals surface area (Å²) >= 11 is 0. The van der Waals surface area contributed by atoms with Gasteiger partial charge in [0.1, 0.15) is 6.79 Å². The summed E-state index contributed by atoms with van der Waals surface area (Å²) in [5, 5.41) is 0. The average molecular weight is 290 g/mol. The maximum atomic E-state index is 11.7. The summed E-state index contributed by atoms with van der Waals surface area (Å²) < 4.78 is 42.8. The topological polar surface area (TPSA) is 71.1 Å². The van der Waals surface area contributed by atoms with Crippen LogP contribution in [0.3, 0.4) is 0 Å². The number of hydrogen-bond donors (Lipinski definition) is 0. The molecule has 0 spiro atoms. The molecule has 0 saturated heterocycles. The monoisotopic (exact) mass is 290 g/mol. The van der Waals surface area contributed by atoms with Crippen LogP contribution in [0.15, 0.2) is 29.2 Å². The van der Waals surface area contributed by atoms with Crippen LogP contribution in [-0.4, -0.2) is 42.3 Å². The van der Waals surface area contributed by atoms with E-state index in [1.165, 1.54) is 12.1 Å². The Balaban J connectivity index is 2.29. The van der Waals surface area contributed by atoms with Crippen LogP contribution in [0, 0.1) is 6.92 Å². The Morgan fingerprint density at radius 3 is 2.32 bits per heavy atom. The highest BCUT2D eigenvalue weighted by Gasteiger charge is 2.14. The minimum Gasteiger partial charge on any atom is -0.382 e. The van der Waals surface area contributed by atoms with Crippen molar-refractivity contribution in [3.63, 3.8) is 0 Å². The predicted octanol–water partition coefficient (Wildman–Crippen LogP) is 1.29. The van der Waals surface area contributed by atoms with Crippen LogP contribution in [-0.2, 0) is 28.5 Å². The fraction of sp³-hybridized carbons (Fsp3) is 0.500. The Morgan fingerprint density at radius 2 is 1.68 bits per heavy atom. The van der Waals surface area contributed by atoms with E-state index in [0.717, 1.165) is 5.56 Å². The summed E-state index contributed by atoms with van der Waals surface area (Å²) in [5.74, 6) is 0. The van der Waals surface area contributed by atoms with Gasteiger partial charge in [-0.2, -0.15) is 8.42 Å². The fourth-order valence-corrected chi connectivity index (χ4v) is 1.96. The summed E-state index contributed by atoms with van der Waals surface area (Å²) in [6.45, 7) is 2.26. The van der Waals surface area contributed by atoms with Crippen molar-refractivity contribution in [1.82, 2.24) is 0 Å². The Kier molecular flexibility index (Phi) is 6.96. The molecule has 0 fully saturated rings. The Bertz CT molecular complexity index is 454. The first-order valence-corrected chi connectivity index (χ1v) is 7.07. The number of benzene rings is 1. The van der Waals surface area contributed by atoms with E-state index in [1.54, 1.807) is 19.2 Å². The Morgan fingerprint density at radius 1 is 1.00 bits per heavy atom. The van der Waals surface area contributed by atoms with Gasteiger partial charge in [-0.05, 0) is 19.1 Å². The zero-order valence-corrected chi connectivity index (χ0v) is 11.8. The molecule has 108 valence electrons. The third-order valence-electron chi connectivity index (χ3n) is 2.19. The van der Waals surface area contributed by atoms with Gasteiger partial charge in [-0.1, -0.05) is 17.7 Å². The van der Waals surface area contributed by atoms with E-state index in [9.17, 15) is 8.42 Å². The van der Waals surface area contributed by atoms with Crippen LogP contribution in [0.2, 0.25) is 0 Å². The van der Waals surface area contributed by atoms with Gasteiger partial charge in [0.15, 0.2) is 6.79 Å². The maximum Gasteiger partial charge on any atom is 0.299 e. The molecule has 0 bridgehead atoms. The zero-order valence-electron chi connectivity index (χ0n) is 11.0. The normalized spacial score (nSPS) is 11.7. The van der Waals surface area contributed by atoms with Crippen molar-refractivity contribution in [3.8, 4) is 0 Å². The van der Waals surface area contributed by atoms with Crippen molar-refractivity contribution in [1.29, 1.82) is 0 Å². The highest BCUT2D eigenvalue weighted by molar-refractivity contribution is 7.86. The molecule has 19 heavy (non-hydrogen) atoms. The summed E-state index contributed by atoms with van der Waals surface area (Å²) in [4.78, 5) is 0.0991. The van der Waals surface area contributed by atoms with Crippen LogP contribution >= 0.6 is 0 Å². The SMILES string of the molecule is COCCOCOCOS(=O)(=O)c1ccc(C)cc1. The summed E-state index contributed by atoms with van der Waals surface area (Å²) in [5.41, 5.74) is 0.974. The zero-order chi connectivity index (χ0) is 14.1. The first kappa shape index (κ1) is 16.1. The molecule has 1 rings (SSSR count). The van der Waals surface area contributed by atoms with E-state index in [0.29, 0.717) is 13.2 Å². The second-order valence-electron chi connectivity index (χ2n) is 3.73. The highest BCUT2D eigenvalue weighted by atomic mass is 32.2. The largest absolute Gasteiger partial charge is 0.382 e. The first-order chi connectivity index (χ1) is 9.06. The fourth-order valence-electron chi connectivity index (χ4n) is 1.16. The van der Waals surface area contributed by atoms with Gasteiger partial charge in [0.25, 0.3) is 10.1 Å².